The molecule has 0 amide bonds. The van der Waals surface area contributed by atoms with E-state index in [1.807, 2.05) is 18.2 Å². The van der Waals surface area contributed by atoms with Crippen molar-refractivity contribution in [2.24, 2.45) is 0 Å². The lowest BCUT2D eigenvalue weighted by Gasteiger charge is -2.11. The Hall–Kier alpha value is -2.20. The molecule has 0 unspecified atom stereocenters. The third-order valence-corrected chi connectivity index (χ3v) is 3.58. The van der Waals surface area contributed by atoms with E-state index in [-0.39, 0.29) is 0 Å². The van der Waals surface area contributed by atoms with Gasteiger partial charge in [-0.25, -0.2) is 9.97 Å². The fraction of sp³-hybridized carbons (Fsp3) is 0.0588. The van der Waals surface area contributed by atoms with Crippen molar-refractivity contribution < 1.29 is 0 Å². The van der Waals surface area contributed by atoms with Crippen LogP contribution in [0.5, 0.6) is 0 Å². The molecule has 4 heteroatoms. The van der Waals surface area contributed by atoms with Crippen LogP contribution in [0.25, 0.3) is 0 Å². The van der Waals surface area contributed by atoms with Gasteiger partial charge >= 0.3 is 0 Å². The van der Waals surface area contributed by atoms with Crippen LogP contribution < -0.4 is 5.32 Å². The molecule has 0 aliphatic carbocycles. The van der Waals surface area contributed by atoms with Crippen LogP contribution in [-0.4, -0.2) is 9.97 Å². The fourth-order valence-electron chi connectivity index (χ4n) is 2.15. The maximum Gasteiger partial charge on any atom is 0.134 e. The minimum absolute atomic E-state index is 0.764. The van der Waals surface area contributed by atoms with E-state index in [2.05, 4.69) is 73.7 Å². The molecular weight excluding hydrogens is 326 g/mol. The van der Waals surface area contributed by atoms with Gasteiger partial charge in [-0.2, -0.15) is 0 Å². The summed E-state index contributed by atoms with van der Waals surface area (Å²) in [6.07, 6.45) is 2.42. The number of hydrogen-bond acceptors (Lipinski definition) is 3. The van der Waals surface area contributed by atoms with Crippen LogP contribution in [-0.2, 0) is 6.42 Å². The van der Waals surface area contributed by atoms with Gasteiger partial charge in [0, 0.05) is 11.8 Å². The second-order valence-electron chi connectivity index (χ2n) is 4.67. The van der Waals surface area contributed by atoms with E-state index in [4.69, 9.17) is 0 Å². The van der Waals surface area contributed by atoms with Crippen molar-refractivity contribution >= 4 is 27.4 Å². The van der Waals surface area contributed by atoms with E-state index in [0.717, 1.165) is 22.5 Å². The zero-order valence-electron chi connectivity index (χ0n) is 11.3. The summed E-state index contributed by atoms with van der Waals surface area (Å²) in [6.45, 7) is 0. The second kappa shape index (κ2) is 6.50. The van der Waals surface area contributed by atoms with Crippen molar-refractivity contribution in [3.63, 3.8) is 0 Å². The summed E-state index contributed by atoms with van der Waals surface area (Å²) in [7, 11) is 0. The normalized spacial score (nSPS) is 10.3. The molecule has 0 radical (unpaired) electrons. The molecule has 1 aromatic heterocycles. The Bertz CT molecular complexity index is 729. The van der Waals surface area contributed by atoms with Gasteiger partial charge in [0.1, 0.15) is 16.7 Å². The standard InChI is InChI=1S/C17H14BrN3/c18-16-11-17(20-12-19-16)21-15-9-5-4-8-14(15)10-13-6-2-1-3-7-13/h1-9,11-12H,10H2,(H,19,20,21). The number of nitrogens with zero attached hydrogens (tertiary/aromatic N) is 2. The lowest BCUT2D eigenvalue weighted by atomic mass is 10.0. The minimum atomic E-state index is 0.764. The third kappa shape index (κ3) is 3.67. The summed E-state index contributed by atoms with van der Waals surface area (Å²) in [5.41, 5.74) is 3.58. The van der Waals surface area contributed by atoms with Crippen molar-refractivity contribution in [2.75, 3.05) is 5.32 Å². The zero-order chi connectivity index (χ0) is 14.5. The van der Waals surface area contributed by atoms with Gasteiger partial charge in [-0.3, -0.25) is 0 Å². The van der Waals surface area contributed by atoms with Crippen LogP contribution in [0.15, 0.2) is 71.6 Å². The number of nitrogens with one attached hydrogen (secondary N) is 1. The number of benzene rings is 2. The minimum Gasteiger partial charge on any atom is -0.340 e. The van der Waals surface area contributed by atoms with Crippen molar-refractivity contribution in [3.8, 4) is 0 Å². The Morgan fingerprint density at radius 1 is 0.905 bits per heavy atom. The molecule has 104 valence electrons. The molecule has 3 rings (SSSR count). The van der Waals surface area contributed by atoms with Crippen LogP contribution in [0.4, 0.5) is 11.5 Å². The average Bonchev–Trinajstić information content (AvgIpc) is 2.50. The summed E-state index contributed by atoms with van der Waals surface area (Å²) in [4.78, 5) is 8.27. The molecule has 0 bridgehead atoms. The number of para-hydroxylation sites is 1. The molecule has 3 aromatic rings. The van der Waals surface area contributed by atoms with Crippen molar-refractivity contribution in [2.45, 2.75) is 6.42 Å². The highest BCUT2D eigenvalue weighted by molar-refractivity contribution is 9.10. The number of aromatic nitrogens is 2. The number of rotatable bonds is 4. The van der Waals surface area contributed by atoms with Crippen LogP contribution in [0.2, 0.25) is 0 Å². The first kappa shape index (κ1) is 13.8. The van der Waals surface area contributed by atoms with E-state index in [1.54, 1.807) is 0 Å². The van der Waals surface area contributed by atoms with Gasteiger partial charge in [0.05, 0.1) is 0 Å². The van der Waals surface area contributed by atoms with Gasteiger partial charge in [-0.1, -0.05) is 48.5 Å². The molecule has 3 nitrogen and oxygen atoms in total. The van der Waals surface area contributed by atoms with E-state index in [0.29, 0.717) is 0 Å². The first-order valence-corrected chi connectivity index (χ1v) is 7.47. The van der Waals surface area contributed by atoms with Gasteiger partial charge in [-0.15, -0.1) is 0 Å². The Morgan fingerprint density at radius 2 is 1.67 bits per heavy atom. The lowest BCUT2D eigenvalue weighted by Crippen LogP contribution is -1.99. The summed E-state index contributed by atoms with van der Waals surface area (Å²) >= 11 is 3.36. The van der Waals surface area contributed by atoms with E-state index >= 15 is 0 Å². The monoisotopic (exact) mass is 339 g/mol. The zero-order valence-corrected chi connectivity index (χ0v) is 12.9. The summed E-state index contributed by atoms with van der Waals surface area (Å²) in [5, 5.41) is 3.35. The van der Waals surface area contributed by atoms with Crippen molar-refractivity contribution in [3.05, 3.63) is 82.7 Å². The number of hydrogen-bond donors (Lipinski definition) is 1. The van der Waals surface area contributed by atoms with E-state index in [9.17, 15) is 0 Å². The quantitative estimate of drug-likeness (QED) is 0.707. The average molecular weight is 340 g/mol. The Kier molecular flexibility index (Phi) is 4.26. The molecule has 0 fully saturated rings. The van der Waals surface area contributed by atoms with Gasteiger partial charge < -0.3 is 5.32 Å². The summed E-state index contributed by atoms with van der Waals surface area (Å²) < 4.78 is 0.764. The Morgan fingerprint density at radius 3 is 2.48 bits per heavy atom. The van der Waals surface area contributed by atoms with Crippen LogP contribution in [0.1, 0.15) is 11.1 Å². The predicted molar refractivity (Wildman–Crippen MR) is 88.7 cm³/mol. The molecular formula is C17H14BrN3. The predicted octanol–water partition coefficient (Wildman–Crippen LogP) is 4.57. The highest BCUT2D eigenvalue weighted by Crippen LogP contribution is 2.23. The van der Waals surface area contributed by atoms with Crippen LogP contribution in [0.3, 0.4) is 0 Å². The lowest BCUT2D eigenvalue weighted by molar-refractivity contribution is 1.13. The maximum atomic E-state index is 4.23. The summed E-state index contributed by atoms with van der Waals surface area (Å²) in [5.74, 6) is 0.775. The van der Waals surface area contributed by atoms with Gasteiger partial charge in [0.15, 0.2) is 0 Å². The first-order valence-electron chi connectivity index (χ1n) is 6.68. The summed E-state index contributed by atoms with van der Waals surface area (Å²) in [6, 6.07) is 20.6. The highest BCUT2D eigenvalue weighted by atomic mass is 79.9. The van der Waals surface area contributed by atoms with Crippen LogP contribution >= 0.6 is 15.9 Å². The van der Waals surface area contributed by atoms with Gasteiger partial charge in [0.25, 0.3) is 0 Å². The first-order chi connectivity index (χ1) is 10.3. The molecule has 1 heterocycles. The van der Waals surface area contributed by atoms with E-state index in [1.165, 1.54) is 17.5 Å². The fourth-order valence-corrected chi connectivity index (χ4v) is 2.46. The molecule has 21 heavy (non-hydrogen) atoms. The van der Waals surface area contributed by atoms with Gasteiger partial charge in [-0.05, 0) is 39.5 Å². The Balaban J connectivity index is 1.86. The SMILES string of the molecule is Brc1cc(Nc2ccccc2Cc2ccccc2)ncn1. The van der Waals surface area contributed by atoms with E-state index < -0.39 is 0 Å². The maximum absolute atomic E-state index is 4.23. The number of halogens is 1. The van der Waals surface area contributed by atoms with Crippen molar-refractivity contribution in [1.29, 1.82) is 0 Å². The van der Waals surface area contributed by atoms with Gasteiger partial charge in [0.2, 0.25) is 0 Å². The molecule has 0 aliphatic rings. The molecule has 0 saturated carbocycles. The van der Waals surface area contributed by atoms with Crippen LogP contribution in [0, 0.1) is 0 Å². The topological polar surface area (TPSA) is 37.8 Å². The number of anilines is 2. The Labute approximate surface area is 132 Å². The second-order valence-corrected chi connectivity index (χ2v) is 5.48. The molecule has 0 spiro atoms. The molecule has 1 N–H and O–H groups in total. The highest BCUT2D eigenvalue weighted by Gasteiger charge is 2.04. The molecule has 0 aliphatic heterocycles. The molecule has 0 saturated heterocycles. The smallest absolute Gasteiger partial charge is 0.134 e. The third-order valence-electron chi connectivity index (χ3n) is 3.15. The largest absolute Gasteiger partial charge is 0.340 e. The molecule has 2 aromatic carbocycles. The molecule has 0 atom stereocenters. The van der Waals surface area contributed by atoms with Crippen molar-refractivity contribution in [1.82, 2.24) is 9.97 Å².